The third-order valence-corrected chi connectivity index (χ3v) is 4.23. The van der Waals surface area contributed by atoms with E-state index in [9.17, 15) is 19.2 Å². The third-order valence-electron chi connectivity index (χ3n) is 3.94. The molecule has 30 heavy (non-hydrogen) atoms. The van der Waals surface area contributed by atoms with Crippen LogP contribution in [-0.4, -0.2) is 47.0 Å². The first-order valence-electron chi connectivity index (χ1n) is 8.67. The van der Waals surface area contributed by atoms with Gasteiger partial charge >= 0.3 is 12.0 Å². The number of para-hydroxylation sites is 1. The zero-order chi connectivity index (χ0) is 21.7. The number of ether oxygens (including phenoxy) is 1. The van der Waals surface area contributed by atoms with Crippen molar-refractivity contribution in [2.75, 3.05) is 18.5 Å². The van der Waals surface area contributed by atoms with Gasteiger partial charge in [0.05, 0.1) is 5.02 Å². The van der Waals surface area contributed by atoms with Crippen molar-refractivity contribution in [2.45, 2.75) is 0 Å². The van der Waals surface area contributed by atoms with Crippen molar-refractivity contribution < 1.29 is 29.0 Å². The Hall–Kier alpha value is -3.85. The minimum Gasteiger partial charge on any atom is -0.482 e. The topological polar surface area (TPSA) is 125 Å². The predicted molar refractivity (Wildman–Crippen MR) is 108 cm³/mol. The number of imide groups is 1. The number of anilines is 1. The Bertz CT molecular complexity index is 1040. The molecule has 3 rings (SSSR count). The maximum atomic E-state index is 12.1. The van der Waals surface area contributed by atoms with Gasteiger partial charge in [0, 0.05) is 5.69 Å². The van der Waals surface area contributed by atoms with Gasteiger partial charge < -0.3 is 20.5 Å². The molecule has 2 aromatic rings. The molecule has 4 amide bonds. The molecule has 1 heterocycles. The molecule has 0 spiro atoms. The highest BCUT2D eigenvalue weighted by Crippen LogP contribution is 2.27. The molecular formula is C20H16ClN3O6. The Morgan fingerprint density at radius 1 is 1.17 bits per heavy atom. The molecule has 1 aliphatic heterocycles. The van der Waals surface area contributed by atoms with E-state index in [0.717, 1.165) is 0 Å². The SMILES string of the molecule is O=C(O)CN1C(=O)N/C(=C/c2ccc(OCC(=O)Nc3ccccc3)c(Cl)c2)C1=O. The van der Waals surface area contributed by atoms with Crippen LogP contribution in [0.2, 0.25) is 5.02 Å². The fourth-order valence-corrected chi connectivity index (χ4v) is 2.85. The number of amides is 4. The number of nitrogens with zero attached hydrogens (tertiary/aromatic N) is 1. The zero-order valence-corrected chi connectivity index (χ0v) is 16.2. The molecule has 0 aromatic heterocycles. The van der Waals surface area contributed by atoms with E-state index in [1.165, 1.54) is 18.2 Å². The first-order valence-corrected chi connectivity index (χ1v) is 9.05. The van der Waals surface area contributed by atoms with E-state index in [1.807, 2.05) is 6.07 Å². The number of urea groups is 1. The first-order chi connectivity index (χ1) is 14.3. The van der Waals surface area contributed by atoms with Crippen LogP contribution in [0.5, 0.6) is 5.75 Å². The second-order valence-corrected chi connectivity index (χ2v) is 6.57. The molecule has 0 saturated carbocycles. The van der Waals surface area contributed by atoms with Crippen molar-refractivity contribution in [3.63, 3.8) is 0 Å². The van der Waals surface area contributed by atoms with Gasteiger partial charge in [-0.2, -0.15) is 0 Å². The molecule has 0 bridgehead atoms. The minimum atomic E-state index is -1.31. The van der Waals surface area contributed by atoms with Crippen molar-refractivity contribution in [1.82, 2.24) is 10.2 Å². The molecular weight excluding hydrogens is 414 g/mol. The molecule has 0 atom stereocenters. The molecule has 3 N–H and O–H groups in total. The highest BCUT2D eigenvalue weighted by molar-refractivity contribution is 6.32. The number of hydrogen-bond acceptors (Lipinski definition) is 5. The van der Waals surface area contributed by atoms with E-state index in [2.05, 4.69) is 10.6 Å². The predicted octanol–water partition coefficient (Wildman–Crippen LogP) is 2.33. The lowest BCUT2D eigenvalue weighted by Crippen LogP contribution is -2.35. The van der Waals surface area contributed by atoms with Gasteiger partial charge in [-0.3, -0.25) is 14.4 Å². The van der Waals surface area contributed by atoms with Gasteiger partial charge in [-0.15, -0.1) is 0 Å². The summed E-state index contributed by atoms with van der Waals surface area (Å²) >= 11 is 6.17. The molecule has 1 fully saturated rings. The summed E-state index contributed by atoms with van der Waals surface area (Å²) in [7, 11) is 0. The van der Waals surface area contributed by atoms with Crippen molar-refractivity contribution in [1.29, 1.82) is 0 Å². The highest BCUT2D eigenvalue weighted by atomic mass is 35.5. The van der Waals surface area contributed by atoms with Crippen molar-refractivity contribution in [3.8, 4) is 5.75 Å². The molecule has 0 unspecified atom stereocenters. The van der Waals surface area contributed by atoms with Crippen LogP contribution in [0.1, 0.15) is 5.56 Å². The summed E-state index contributed by atoms with van der Waals surface area (Å²) in [6.07, 6.45) is 1.36. The monoisotopic (exact) mass is 429 g/mol. The van der Waals surface area contributed by atoms with Gasteiger partial charge in [0.25, 0.3) is 11.8 Å². The summed E-state index contributed by atoms with van der Waals surface area (Å²) in [4.78, 5) is 47.2. The minimum absolute atomic E-state index is 0.0757. The summed E-state index contributed by atoms with van der Waals surface area (Å²) in [5.74, 6) is -2.16. The molecule has 2 aromatic carbocycles. The molecule has 1 aliphatic rings. The van der Waals surface area contributed by atoms with Gasteiger partial charge in [-0.25, -0.2) is 9.69 Å². The smallest absolute Gasteiger partial charge is 0.329 e. The van der Waals surface area contributed by atoms with E-state index in [-0.39, 0.29) is 29.0 Å². The largest absolute Gasteiger partial charge is 0.482 e. The third kappa shape index (κ3) is 5.15. The maximum absolute atomic E-state index is 12.1. The average molecular weight is 430 g/mol. The molecule has 0 radical (unpaired) electrons. The Morgan fingerprint density at radius 2 is 1.90 bits per heavy atom. The quantitative estimate of drug-likeness (QED) is 0.458. The van der Waals surface area contributed by atoms with Crippen molar-refractivity contribution in [3.05, 3.63) is 64.8 Å². The highest BCUT2D eigenvalue weighted by Gasteiger charge is 2.34. The number of rotatable bonds is 7. The van der Waals surface area contributed by atoms with Crippen LogP contribution in [0.25, 0.3) is 6.08 Å². The van der Waals surface area contributed by atoms with Gasteiger partial charge in [0.1, 0.15) is 18.0 Å². The second kappa shape index (κ2) is 9.10. The summed E-state index contributed by atoms with van der Waals surface area (Å²) in [6.45, 7) is -0.992. The van der Waals surface area contributed by atoms with Gasteiger partial charge in [0.15, 0.2) is 6.61 Å². The number of carbonyl (C=O) groups excluding carboxylic acids is 3. The summed E-state index contributed by atoms with van der Waals surface area (Å²) in [6, 6.07) is 12.7. The Kier molecular flexibility index (Phi) is 6.33. The van der Waals surface area contributed by atoms with Crippen LogP contribution in [0.4, 0.5) is 10.5 Å². The number of halogens is 1. The first kappa shape index (κ1) is 20.9. The van der Waals surface area contributed by atoms with Crippen LogP contribution >= 0.6 is 11.6 Å². The van der Waals surface area contributed by atoms with Crippen LogP contribution in [0.3, 0.4) is 0 Å². The van der Waals surface area contributed by atoms with Crippen LogP contribution < -0.4 is 15.4 Å². The number of carboxylic acid groups (broad SMARTS) is 1. The number of carbonyl (C=O) groups is 4. The standard InChI is InChI=1S/C20H16ClN3O6/c21-14-8-12(9-15-19(28)24(10-18(26)27)20(29)23-15)6-7-16(14)30-11-17(25)22-13-4-2-1-3-5-13/h1-9H,10-11H2,(H,22,25)(H,23,29)(H,26,27)/b15-9+. The Labute approximate surface area is 175 Å². The van der Waals surface area contributed by atoms with Gasteiger partial charge in [0.2, 0.25) is 0 Å². The van der Waals surface area contributed by atoms with Crippen molar-refractivity contribution in [2.24, 2.45) is 0 Å². The fraction of sp³-hybridized carbons (Fsp3) is 0.100. The molecule has 10 heteroatoms. The van der Waals surface area contributed by atoms with E-state index in [1.54, 1.807) is 30.3 Å². The van der Waals surface area contributed by atoms with Crippen LogP contribution in [0, 0.1) is 0 Å². The van der Waals surface area contributed by atoms with E-state index in [0.29, 0.717) is 16.2 Å². The van der Waals surface area contributed by atoms with Gasteiger partial charge in [-0.1, -0.05) is 35.9 Å². The molecule has 0 aliphatic carbocycles. The zero-order valence-electron chi connectivity index (χ0n) is 15.4. The van der Waals surface area contributed by atoms with Crippen LogP contribution in [0.15, 0.2) is 54.2 Å². The maximum Gasteiger partial charge on any atom is 0.329 e. The lowest BCUT2D eigenvalue weighted by atomic mass is 10.2. The van der Waals surface area contributed by atoms with E-state index >= 15 is 0 Å². The van der Waals surface area contributed by atoms with E-state index in [4.69, 9.17) is 21.4 Å². The van der Waals surface area contributed by atoms with E-state index < -0.39 is 24.5 Å². The number of nitrogens with one attached hydrogen (secondary N) is 2. The van der Waals surface area contributed by atoms with Crippen molar-refractivity contribution >= 4 is 47.2 Å². The summed E-state index contributed by atoms with van der Waals surface area (Å²) in [5.41, 5.74) is 1.04. The number of carboxylic acids is 1. The number of hydrogen-bond donors (Lipinski definition) is 3. The second-order valence-electron chi connectivity index (χ2n) is 6.17. The average Bonchev–Trinajstić information content (AvgIpc) is 2.95. The number of aliphatic carboxylic acids is 1. The summed E-state index contributed by atoms with van der Waals surface area (Å²) < 4.78 is 5.42. The normalized spacial score (nSPS) is 14.6. The summed E-state index contributed by atoms with van der Waals surface area (Å²) in [5, 5.41) is 14.0. The lowest BCUT2D eigenvalue weighted by Gasteiger charge is -2.09. The van der Waals surface area contributed by atoms with Gasteiger partial charge in [-0.05, 0) is 35.9 Å². The fourth-order valence-electron chi connectivity index (χ4n) is 2.60. The Morgan fingerprint density at radius 3 is 2.57 bits per heavy atom. The molecule has 154 valence electrons. The molecule has 1 saturated heterocycles. The Balaban J connectivity index is 1.63. The molecule has 9 nitrogen and oxygen atoms in total. The number of benzene rings is 2. The van der Waals surface area contributed by atoms with Crippen LogP contribution in [-0.2, 0) is 14.4 Å². The lowest BCUT2D eigenvalue weighted by molar-refractivity contribution is -0.140.